The Kier molecular flexibility index (Phi) is 4.13. The minimum atomic E-state index is -0.596. The fraction of sp³-hybridized carbons (Fsp3) is 0.500. The van der Waals surface area contributed by atoms with Crippen molar-refractivity contribution in [2.75, 3.05) is 19.7 Å². The first-order chi connectivity index (χ1) is 10.6. The summed E-state index contributed by atoms with van der Waals surface area (Å²) in [6.07, 6.45) is -0.548. The Morgan fingerprint density at radius 3 is 3.09 bits per heavy atom. The van der Waals surface area contributed by atoms with Crippen molar-refractivity contribution < 1.29 is 14.6 Å². The lowest BCUT2D eigenvalue weighted by Crippen LogP contribution is -2.31. The van der Waals surface area contributed by atoms with E-state index >= 15 is 0 Å². The number of aromatic amines is 1. The van der Waals surface area contributed by atoms with Crippen LogP contribution in [0.2, 0.25) is 0 Å². The maximum atomic E-state index is 12.4. The van der Waals surface area contributed by atoms with Crippen LogP contribution in [0.1, 0.15) is 18.3 Å². The molecular weight excluding hydrogens is 282 g/mol. The molecule has 22 heavy (non-hydrogen) atoms. The number of benzene rings is 1. The fourth-order valence-electron chi connectivity index (χ4n) is 2.92. The molecule has 2 N–H and O–H groups in total. The van der Waals surface area contributed by atoms with Crippen molar-refractivity contribution >= 4 is 16.9 Å². The standard InChI is InChI=1S/C16H21N3O3/c1-3-22-15-9-19(8-14(15)20)16(21)7-11-4-5-12-13(6-11)18-10(2)17-12/h4-6,14-15,20H,3,7-9H2,1-2H3,(H,17,18)/t14-,15-/m1/s1. The lowest BCUT2D eigenvalue weighted by atomic mass is 10.1. The van der Waals surface area contributed by atoms with Gasteiger partial charge in [0.25, 0.3) is 0 Å². The average Bonchev–Trinajstić information content (AvgIpc) is 3.01. The molecule has 1 aliphatic rings. The molecule has 1 aromatic carbocycles. The van der Waals surface area contributed by atoms with Gasteiger partial charge in [-0.05, 0) is 31.5 Å². The quantitative estimate of drug-likeness (QED) is 0.884. The zero-order valence-electron chi connectivity index (χ0n) is 12.9. The topological polar surface area (TPSA) is 78.5 Å². The van der Waals surface area contributed by atoms with Gasteiger partial charge in [0.15, 0.2) is 0 Å². The Morgan fingerprint density at radius 1 is 1.50 bits per heavy atom. The van der Waals surface area contributed by atoms with Crippen LogP contribution in [0.3, 0.4) is 0 Å². The van der Waals surface area contributed by atoms with Crippen LogP contribution >= 0.6 is 0 Å². The summed E-state index contributed by atoms with van der Waals surface area (Å²) in [5.41, 5.74) is 2.79. The first kappa shape index (κ1) is 15.0. The molecule has 118 valence electrons. The fourth-order valence-corrected chi connectivity index (χ4v) is 2.92. The number of aliphatic hydroxyl groups is 1. The molecule has 1 saturated heterocycles. The third-order valence-electron chi connectivity index (χ3n) is 3.99. The Balaban J connectivity index is 1.68. The first-order valence-corrected chi connectivity index (χ1v) is 7.59. The molecule has 2 atom stereocenters. The Morgan fingerprint density at radius 2 is 2.32 bits per heavy atom. The number of nitrogens with zero attached hydrogens (tertiary/aromatic N) is 2. The van der Waals surface area contributed by atoms with Crippen LogP contribution in [0, 0.1) is 6.92 Å². The maximum absolute atomic E-state index is 12.4. The van der Waals surface area contributed by atoms with Gasteiger partial charge >= 0.3 is 0 Å². The highest BCUT2D eigenvalue weighted by Crippen LogP contribution is 2.17. The predicted molar refractivity (Wildman–Crippen MR) is 82.5 cm³/mol. The van der Waals surface area contributed by atoms with Crippen molar-refractivity contribution in [1.29, 1.82) is 0 Å². The van der Waals surface area contributed by atoms with Crippen LogP contribution in [0.15, 0.2) is 18.2 Å². The largest absolute Gasteiger partial charge is 0.388 e. The number of imidazole rings is 1. The number of amides is 1. The molecule has 2 aromatic rings. The number of rotatable bonds is 4. The van der Waals surface area contributed by atoms with Gasteiger partial charge in [-0.1, -0.05) is 6.07 Å². The Labute approximate surface area is 129 Å². The number of likely N-dealkylation sites (tertiary alicyclic amines) is 1. The molecule has 0 saturated carbocycles. The van der Waals surface area contributed by atoms with E-state index in [9.17, 15) is 9.90 Å². The Bertz CT molecular complexity index is 682. The molecule has 1 fully saturated rings. The van der Waals surface area contributed by atoms with E-state index in [0.717, 1.165) is 22.4 Å². The van der Waals surface area contributed by atoms with Crippen LogP contribution in [-0.4, -0.2) is 57.8 Å². The minimum Gasteiger partial charge on any atom is -0.388 e. The van der Waals surface area contributed by atoms with Crippen molar-refractivity contribution in [2.24, 2.45) is 0 Å². The number of aliphatic hydroxyl groups excluding tert-OH is 1. The van der Waals surface area contributed by atoms with Gasteiger partial charge < -0.3 is 19.7 Å². The summed E-state index contributed by atoms with van der Waals surface area (Å²) < 4.78 is 5.45. The van der Waals surface area contributed by atoms with Crippen LogP contribution in [0.4, 0.5) is 0 Å². The molecule has 1 aliphatic heterocycles. The molecule has 6 nitrogen and oxygen atoms in total. The smallest absolute Gasteiger partial charge is 0.227 e. The van der Waals surface area contributed by atoms with Crippen molar-refractivity contribution in [2.45, 2.75) is 32.5 Å². The van der Waals surface area contributed by atoms with E-state index in [1.54, 1.807) is 4.90 Å². The number of fused-ring (bicyclic) bond motifs is 1. The molecule has 6 heteroatoms. The number of carbonyl (C=O) groups excluding carboxylic acids is 1. The van der Waals surface area contributed by atoms with Crippen molar-refractivity contribution in [3.63, 3.8) is 0 Å². The second-order valence-corrected chi connectivity index (χ2v) is 5.71. The summed E-state index contributed by atoms with van der Waals surface area (Å²) in [6.45, 7) is 5.14. The average molecular weight is 303 g/mol. The van der Waals surface area contributed by atoms with E-state index in [1.807, 2.05) is 32.0 Å². The summed E-state index contributed by atoms with van der Waals surface area (Å²) >= 11 is 0. The second-order valence-electron chi connectivity index (χ2n) is 5.71. The molecule has 0 spiro atoms. The number of aromatic nitrogens is 2. The number of β-amino-alcohol motifs (C(OH)–C–C–N with tert-alkyl or cyclic N) is 1. The molecule has 0 bridgehead atoms. The molecule has 2 heterocycles. The lowest BCUT2D eigenvalue weighted by Gasteiger charge is -2.16. The van der Waals surface area contributed by atoms with E-state index in [0.29, 0.717) is 26.1 Å². The number of nitrogens with one attached hydrogen (secondary N) is 1. The summed E-state index contributed by atoms with van der Waals surface area (Å²) in [4.78, 5) is 21.6. The predicted octanol–water partition coefficient (Wildman–Crippen LogP) is 1.02. The molecule has 1 aromatic heterocycles. The van der Waals surface area contributed by atoms with Crippen LogP contribution in [0.5, 0.6) is 0 Å². The number of hydrogen-bond acceptors (Lipinski definition) is 4. The van der Waals surface area contributed by atoms with E-state index in [-0.39, 0.29) is 12.0 Å². The number of ether oxygens (including phenoxy) is 1. The third kappa shape index (κ3) is 2.98. The minimum absolute atomic E-state index is 0.0110. The van der Waals surface area contributed by atoms with Gasteiger partial charge in [0.05, 0.1) is 23.6 Å². The normalized spacial score (nSPS) is 21.7. The summed E-state index contributed by atoms with van der Waals surface area (Å²) in [6, 6.07) is 5.80. The molecule has 0 aliphatic carbocycles. The summed E-state index contributed by atoms with van der Waals surface area (Å²) in [7, 11) is 0. The summed E-state index contributed by atoms with van der Waals surface area (Å²) in [5.74, 6) is 0.873. The van der Waals surface area contributed by atoms with E-state index in [4.69, 9.17) is 4.74 Å². The number of carbonyl (C=O) groups is 1. The van der Waals surface area contributed by atoms with E-state index < -0.39 is 6.10 Å². The van der Waals surface area contributed by atoms with Crippen LogP contribution < -0.4 is 0 Å². The van der Waals surface area contributed by atoms with Gasteiger partial charge in [-0.2, -0.15) is 0 Å². The number of hydrogen-bond donors (Lipinski definition) is 2. The second kappa shape index (κ2) is 6.06. The van der Waals surface area contributed by atoms with Crippen LogP contribution in [-0.2, 0) is 16.0 Å². The van der Waals surface area contributed by atoms with Gasteiger partial charge in [0.1, 0.15) is 11.9 Å². The van der Waals surface area contributed by atoms with Gasteiger partial charge in [0, 0.05) is 19.7 Å². The molecular formula is C16H21N3O3. The van der Waals surface area contributed by atoms with Crippen LogP contribution in [0.25, 0.3) is 11.0 Å². The molecule has 1 amide bonds. The highest BCUT2D eigenvalue weighted by Gasteiger charge is 2.34. The maximum Gasteiger partial charge on any atom is 0.227 e. The SMILES string of the molecule is CCO[C@@H]1CN(C(=O)Cc2ccc3nc(C)[nH]c3c2)C[C@H]1O. The first-order valence-electron chi connectivity index (χ1n) is 7.59. The lowest BCUT2D eigenvalue weighted by molar-refractivity contribution is -0.130. The van der Waals surface area contributed by atoms with Gasteiger partial charge in [-0.25, -0.2) is 4.98 Å². The zero-order chi connectivity index (χ0) is 15.7. The van der Waals surface area contributed by atoms with Gasteiger partial charge in [0.2, 0.25) is 5.91 Å². The number of H-pyrrole nitrogens is 1. The molecule has 0 radical (unpaired) electrons. The van der Waals surface area contributed by atoms with E-state index in [1.165, 1.54) is 0 Å². The van der Waals surface area contributed by atoms with Gasteiger partial charge in [-0.15, -0.1) is 0 Å². The third-order valence-corrected chi connectivity index (χ3v) is 3.99. The molecule has 3 rings (SSSR count). The molecule has 0 unspecified atom stereocenters. The van der Waals surface area contributed by atoms with Crippen molar-refractivity contribution in [3.8, 4) is 0 Å². The zero-order valence-corrected chi connectivity index (χ0v) is 12.9. The highest BCUT2D eigenvalue weighted by molar-refractivity contribution is 5.82. The summed E-state index contributed by atoms with van der Waals surface area (Å²) in [5, 5.41) is 9.92. The Hall–Kier alpha value is -1.92. The van der Waals surface area contributed by atoms with Crippen molar-refractivity contribution in [1.82, 2.24) is 14.9 Å². The van der Waals surface area contributed by atoms with Crippen molar-refractivity contribution in [3.05, 3.63) is 29.6 Å². The highest BCUT2D eigenvalue weighted by atomic mass is 16.5. The van der Waals surface area contributed by atoms with E-state index in [2.05, 4.69) is 9.97 Å². The monoisotopic (exact) mass is 303 g/mol. The van der Waals surface area contributed by atoms with Gasteiger partial charge in [-0.3, -0.25) is 4.79 Å². The number of aryl methyl sites for hydroxylation is 1.